The first-order valence-electron chi connectivity index (χ1n) is 6.10. The third-order valence-electron chi connectivity index (χ3n) is 2.89. The fourth-order valence-corrected chi connectivity index (χ4v) is 1.96. The summed E-state index contributed by atoms with van der Waals surface area (Å²) in [6.07, 6.45) is 0. The largest absolute Gasteiger partial charge is 0.507 e. The van der Waals surface area contributed by atoms with Crippen molar-refractivity contribution < 1.29 is 19.0 Å². The molecule has 0 aromatic heterocycles. The van der Waals surface area contributed by atoms with Gasteiger partial charge in [0, 0.05) is 12.6 Å². The van der Waals surface area contributed by atoms with E-state index in [1.54, 1.807) is 6.07 Å². The van der Waals surface area contributed by atoms with Gasteiger partial charge in [0.15, 0.2) is 0 Å². The van der Waals surface area contributed by atoms with E-state index in [9.17, 15) is 14.3 Å². The summed E-state index contributed by atoms with van der Waals surface area (Å²) in [7, 11) is 1.47. The fraction of sp³-hybridized carbons (Fsp3) is 0.133. The van der Waals surface area contributed by atoms with Gasteiger partial charge in [-0.15, -0.1) is 0 Å². The van der Waals surface area contributed by atoms with Gasteiger partial charge in [0.05, 0.1) is 17.7 Å². The molecule has 2 aromatic rings. The van der Waals surface area contributed by atoms with E-state index < -0.39 is 11.7 Å². The van der Waals surface area contributed by atoms with Crippen LogP contribution in [0.25, 0.3) is 0 Å². The number of hydrogen-bond acceptors (Lipinski definition) is 3. The predicted octanol–water partition coefficient (Wildman–Crippen LogP) is 3.12. The second-order valence-electron chi connectivity index (χ2n) is 4.31. The highest BCUT2D eigenvalue weighted by Crippen LogP contribution is 2.23. The summed E-state index contributed by atoms with van der Waals surface area (Å²) in [5.41, 5.74) is 0.784. The maximum Gasteiger partial charge on any atom is 0.255 e. The van der Waals surface area contributed by atoms with Crippen molar-refractivity contribution in [3.8, 4) is 11.5 Å². The molecule has 0 atom stereocenters. The molecule has 4 nitrogen and oxygen atoms in total. The van der Waals surface area contributed by atoms with Crippen molar-refractivity contribution in [3.63, 3.8) is 0 Å². The van der Waals surface area contributed by atoms with Crippen molar-refractivity contribution in [3.05, 3.63) is 58.4 Å². The lowest BCUT2D eigenvalue weighted by Gasteiger charge is -2.08. The van der Waals surface area contributed by atoms with Crippen LogP contribution in [0.15, 0.2) is 36.4 Å². The van der Waals surface area contributed by atoms with E-state index in [0.29, 0.717) is 11.3 Å². The second-order valence-corrected chi connectivity index (χ2v) is 4.72. The average molecular weight is 310 g/mol. The van der Waals surface area contributed by atoms with E-state index in [-0.39, 0.29) is 22.9 Å². The van der Waals surface area contributed by atoms with Gasteiger partial charge in [-0.3, -0.25) is 4.79 Å². The highest BCUT2D eigenvalue weighted by atomic mass is 35.5. The first-order valence-corrected chi connectivity index (χ1v) is 6.48. The highest BCUT2D eigenvalue weighted by molar-refractivity contribution is 6.30. The lowest BCUT2D eigenvalue weighted by atomic mass is 10.1. The molecule has 0 fully saturated rings. The van der Waals surface area contributed by atoms with Gasteiger partial charge >= 0.3 is 0 Å². The molecule has 0 heterocycles. The number of carbonyl (C=O) groups excluding carboxylic acids is 1. The number of amides is 1. The molecule has 2 rings (SSSR count). The predicted molar refractivity (Wildman–Crippen MR) is 77.2 cm³/mol. The summed E-state index contributed by atoms with van der Waals surface area (Å²) in [4.78, 5) is 12.0. The van der Waals surface area contributed by atoms with Gasteiger partial charge < -0.3 is 15.2 Å². The van der Waals surface area contributed by atoms with Crippen molar-refractivity contribution in [2.75, 3.05) is 7.11 Å². The standard InChI is InChI=1S/C15H13ClFNO3/c1-21-10-3-4-11(14(19)7-10)15(20)18-8-9-2-5-13(17)12(16)6-9/h2-7,19H,8H2,1H3,(H,18,20). The van der Waals surface area contributed by atoms with E-state index in [1.165, 1.54) is 37.4 Å². The molecular formula is C15H13ClFNO3. The van der Waals surface area contributed by atoms with Gasteiger partial charge in [-0.2, -0.15) is 0 Å². The number of aromatic hydroxyl groups is 1. The van der Waals surface area contributed by atoms with Crippen molar-refractivity contribution >= 4 is 17.5 Å². The number of rotatable bonds is 4. The van der Waals surface area contributed by atoms with Gasteiger partial charge in [-0.05, 0) is 29.8 Å². The summed E-state index contributed by atoms with van der Waals surface area (Å²) in [5.74, 6) is -0.687. The number of hydrogen-bond donors (Lipinski definition) is 2. The van der Waals surface area contributed by atoms with Crippen LogP contribution in [0.2, 0.25) is 5.02 Å². The smallest absolute Gasteiger partial charge is 0.255 e. The van der Waals surface area contributed by atoms with E-state index in [0.717, 1.165) is 0 Å². The Labute approximate surface area is 126 Å². The Morgan fingerprint density at radius 1 is 1.33 bits per heavy atom. The SMILES string of the molecule is COc1ccc(C(=O)NCc2ccc(F)c(Cl)c2)c(O)c1. The molecule has 0 saturated heterocycles. The first kappa shape index (κ1) is 15.1. The quantitative estimate of drug-likeness (QED) is 0.912. The van der Waals surface area contributed by atoms with Gasteiger partial charge in [-0.1, -0.05) is 17.7 Å². The molecule has 0 unspecified atom stereocenters. The van der Waals surface area contributed by atoms with E-state index in [2.05, 4.69) is 5.32 Å². The molecule has 0 aliphatic rings. The Morgan fingerprint density at radius 2 is 2.10 bits per heavy atom. The number of carbonyl (C=O) groups is 1. The van der Waals surface area contributed by atoms with Gasteiger partial charge in [0.25, 0.3) is 5.91 Å². The molecule has 1 amide bonds. The van der Waals surface area contributed by atoms with E-state index in [4.69, 9.17) is 16.3 Å². The van der Waals surface area contributed by atoms with E-state index in [1.807, 2.05) is 0 Å². The maximum atomic E-state index is 13.0. The van der Waals surface area contributed by atoms with Gasteiger partial charge in [0.1, 0.15) is 17.3 Å². The van der Waals surface area contributed by atoms with Crippen molar-refractivity contribution in [2.24, 2.45) is 0 Å². The molecule has 0 radical (unpaired) electrons. The molecule has 0 bridgehead atoms. The Kier molecular flexibility index (Phi) is 4.65. The van der Waals surface area contributed by atoms with Crippen molar-refractivity contribution in [1.29, 1.82) is 0 Å². The molecule has 6 heteroatoms. The lowest BCUT2D eigenvalue weighted by molar-refractivity contribution is 0.0948. The highest BCUT2D eigenvalue weighted by Gasteiger charge is 2.12. The summed E-state index contributed by atoms with van der Waals surface area (Å²) in [5, 5.41) is 12.4. The number of ether oxygens (including phenoxy) is 1. The Balaban J connectivity index is 2.06. The minimum absolute atomic E-state index is 0.00552. The van der Waals surface area contributed by atoms with Crippen LogP contribution < -0.4 is 10.1 Å². The fourth-order valence-electron chi connectivity index (χ4n) is 1.76. The van der Waals surface area contributed by atoms with Crippen LogP contribution >= 0.6 is 11.6 Å². The zero-order valence-corrected chi connectivity index (χ0v) is 11.9. The summed E-state index contributed by atoms with van der Waals surface area (Å²) in [6.45, 7) is 0.171. The maximum absolute atomic E-state index is 13.0. The number of halogens is 2. The number of methoxy groups -OCH3 is 1. The van der Waals surface area contributed by atoms with Crippen molar-refractivity contribution in [1.82, 2.24) is 5.32 Å². The monoisotopic (exact) mass is 309 g/mol. The van der Waals surface area contributed by atoms with Crippen LogP contribution in [0.4, 0.5) is 4.39 Å². The van der Waals surface area contributed by atoms with Crippen LogP contribution in [0, 0.1) is 5.82 Å². The van der Waals surface area contributed by atoms with Crippen LogP contribution in [-0.2, 0) is 6.54 Å². The Bertz CT molecular complexity index is 676. The third kappa shape index (κ3) is 3.64. The summed E-state index contributed by atoms with van der Waals surface area (Å²) < 4.78 is 18.0. The minimum Gasteiger partial charge on any atom is -0.507 e. The normalized spacial score (nSPS) is 10.2. The molecule has 2 aromatic carbocycles. The van der Waals surface area contributed by atoms with Crippen LogP contribution in [-0.4, -0.2) is 18.1 Å². The average Bonchev–Trinajstić information content (AvgIpc) is 2.48. The van der Waals surface area contributed by atoms with Crippen LogP contribution in [0.1, 0.15) is 15.9 Å². The summed E-state index contributed by atoms with van der Waals surface area (Å²) in [6, 6.07) is 8.57. The third-order valence-corrected chi connectivity index (χ3v) is 3.18. The topological polar surface area (TPSA) is 58.6 Å². The van der Waals surface area contributed by atoms with Crippen LogP contribution in [0.5, 0.6) is 11.5 Å². The number of phenolic OH excluding ortho intramolecular Hbond substituents is 1. The zero-order valence-electron chi connectivity index (χ0n) is 11.2. The zero-order chi connectivity index (χ0) is 15.4. The molecule has 110 valence electrons. The molecule has 2 N–H and O–H groups in total. The van der Waals surface area contributed by atoms with Gasteiger partial charge in [0.2, 0.25) is 0 Å². The Morgan fingerprint density at radius 3 is 2.71 bits per heavy atom. The molecular weight excluding hydrogens is 297 g/mol. The molecule has 21 heavy (non-hydrogen) atoms. The molecule has 0 saturated carbocycles. The first-order chi connectivity index (χ1) is 10.0. The van der Waals surface area contributed by atoms with E-state index >= 15 is 0 Å². The molecule has 0 aliphatic carbocycles. The minimum atomic E-state index is -0.514. The number of phenols is 1. The van der Waals surface area contributed by atoms with Crippen LogP contribution in [0.3, 0.4) is 0 Å². The van der Waals surface area contributed by atoms with Gasteiger partial charge in [-0.25, -0.2) is 4.39 Å². The molecule has 0 spiro atoms. The Hall–Kier alpha value is -2.27. The molecule has 0 aliphatic heterocycles. The number of benzene rings is 2. The van der Waals surface area contributed by atoms with Crippen molar-refractivity contribution in [2.45, 2.75) is 6.54 Å². The second kappa shape index (κ2) is 6.45. The lowest BCUT2D eigenvalue weighted by Crippen LogP contribution is -2.22. The summed E-state index contributed by atoms with van der Waals surface area (Å²) >= 11 is 5.66. The number of nitrogens with one attached hydrogen (secondary N) is 1.